The van der Waals surface area contributed by atoms with E-state index in [1.165, 1.54) is 13.2 Å². The average Bonchev–Trinajstić information content (AvgIpc) is 2.30. The predicted molar refractivity (Wildman–Crippen MR) is 76.0 cm³/mol. The van der Waals surface area contributed by atoms with E-state index in [-0.39, 0.29) is 22.1 Å². The Morgan fingerprint density at radius 1 is 1.40 bits per heavy atom. The lowest BCUT2D eigenvalue weighted by Crippen LogP contribution is -2.20. The third-order valence-corrected chi connectivity index (χ3v) is 4.39. The van der Waals surface area contributed by atoms with E-state index in [1.54, 1.807) is 13.8 Å². The molecular weight excluding hydrogens is 327 g/mol. The highest BCUT2D eigenvalue weighted by molar-refractivity contribution is 8.13. The summed E-state index contributed by atoms with van der Waals surface area (Å²) in [5, 5.41) is -0.0125. The van der Waals surface area contributed by atoms with Crippen molar-refractivity contribution in [2.24, 2.45) is 0 Å². The number of ether oxygens (including phenoxy) is 2. The van der Waals surface area contributed by atoms with Crippen LogP contribution in [-0.2, 0) is 18.5 Å². The molecule has 20 heavy (non-hydrogen) atoms. The van der Waals surface area contributed by atoms with Crippen LogP contribution < -0.4 is 0 Å². The summed E-state index contributed by atoms with van der Waals surface area (Å²) in [6.07, 6.45) is -0.459. The first-order valence-corrected chi connectivity index (χ1v) is 8.30. The lowest BCUT2D eigenvalue weighted by Gasteiger charge is -2.13. The molecule has 112 valence electrons. The molecule has 0 saturated carbocycles. The number of benzene rings is 1. The first kappa shape index (κ1) is 17.2. The quantitative estimate of drug-likeness (QED) is 0.608. The summed E-state index contributed by atoms with van der Waals surface area (Å²) >= 11 is 5.87. The number of hydrogen-bond acceptors (Lipinski definition) is 5. The number of hydrogen-bond donors (Lipinski definition) is 0. The molecule has 0 heterocycles. The average molecular weight is 341 g/mol. The van der Waals surface area contributed by atoms with Crippen LogP contribution in [0.4, 0.5) is 0 Å². The Hall–Kier alpha value is -0.820. The number of halogens is 2. The zero-order valence-electron chi connectivity index (χ0n) is 11.1. The van der Waals surface area contributed by atoms with Crippen molar-refractivity contribution >= 4 is 37.3 Å². The molecule has 0 spiro atoms. The van der Waals surface area contributed by atoms with E-state index in [2.05, 4.69) is 0 Å². The molecule has 0 radical (unpaired) electrons. The third-order valence-electron chi connectivity index (χ3n) is 2.43. The molecule has 0 bridgehead atoms. The monoisotopic (exact) mass is 340 g/mol. The molecule has 0 aromatic heterocycles. The molecule has 1 rings (SSSR count). The lowest BCUT2D eigenvalue weighted by molar-refractivity contribution is 0.0120. The Bertz CT molecular complexity index is 613. The highest BCUT2D eigenvalue weighted by Crippen LogP contribution is 2.29. The van der Waals surface area contributed by atoms with Crippen LogP contribution in [0, 0.1) is 6.92 Å². The molecular formula is C12H14Cl2O5S. The molecule has 1 aromatic rings. The lowest BCUT2D eigenvalue weighted by atomic mass is 10.1. The fraction of sp³-hybridized carbons (Fsp3) is 0.417. The summed E-state index contributed by atoms with van der Waals surface area (Å²) in [5.74, 6) is -0.670. The van der Waals surface area contributed by atoms with Gasteiger partial charge in [-0.2, -0.15) is 0 Å². The fourth-order valence-electron chi connectivity index (χ4n) is 1.55. The summed E-state index contributed by atoms with van der Waals surface area (Å²) in [6, 6.07) is 2.54. The molecule has 0 fully saturated rings. The van der Waals surface area contributed by atoms with Gasteiger partial charge in [0, 0.05) is 17.8 Å². The van der Waals surface area contributed by atoms with Gasteiger partial charge in [0.2, 0.25) is 0 Å². The van der Waals surface area contributed by atoms with Gasteiger partial charge in [-0.05, 0) is 31.5 Å². The maximum absolute atomic E-state index is 11.9. The van der Waals surface area contributed by atoms with Crippen LogP contribution >= 0.6 is 22.3 Å². The second kappa shape index (κ2) is 6.76. The first-order valence-electron chi connectivity index (χ1n) is 5.61. The van der Waals surface area contributed by atoms with Crippen LogP contribution in [0.5, 0.6) is 0 Å². The van der Waals surface area contributed by atoms with E-state index >= 15 is 0 Å². The normalized spacial score (nSPS) is 13.1. The minimum atomic E-state index is -4.04. The van der Waals surface area contributed by atoms with Gasteiger partial charge in [-0.3, -0.25) is 0 Å². The summed E-state index contributed by atoms with van der Waals surface area (Å²) in [4.78, 5) is 11.6. The number of carbonyl (C=O) groups is 1. The van der Waals surface area contributed by atoms with Gasteiger partial charge in [-0.15, -0.1) is 0 Å². The number of rotatable bonds is 5. The Labute approximate surface area is 127 Å². The zero-order valence-corrected chi connectivity index (χ0v) is 13.5. The van der Waals surface area contributed by atoms with E-state index in [0.29, 0.717) is 5.56 Å². The molecule has 0 N–H and O–H groups in total. The van der Waals surface area contributed by atoms with Crippen LogP contribution in [0.2, 0.25) is 5.02 Å². The van der Waals surface area contributed by atoms with Gasteiger partial charge in [0.25, 0.3) is 9.05 Å². The van der Waals surface area contributed by atoms with Crippen molar-refractivity contribution in [1.29, 1.82) is 0 Å². The molecule has 8 heteroatoms. The SMILES string of the molecule is COCC(C)OC(=O)c1cc(C)c(Cl)c(S(=O)(=O)Cl)c1. The topological polar surface area (TPSA) is 69.7 Å². The Morgan fingerprint density at radius 3 is 2.50 bits per heavy atom. The van der Waals surface area contributed by atoms with Crippen LogP contribution in [0.1, 0.15) is 22.8 Å². The Kier molecular flexibility index (Phi) is 5.82. The molecule has 1 aromatic carbocycles. The van der Waals surface area contributed by atoms with E-state index in [4.69, 9.17) is 31.8 Å². The largest absolute Gasteiger partial charge is 0.457 e. The van der Waals surface area contributed by atoms with Crippen LogP contribution in [0.3, 0.4) is 0 Å². The second-order valence-electron chi connectivity index (χ2n) is 4.21. The summed E-state index contributed by atoms with van der Waals surface area (Å²) in [6.45, 7) is 3.46. The molecule has 0 amide bonds. The summed E-state index contributed by atoms with van der Waals surface area (Å²) < 4.78 is 32.8. The molecule has 1 unspecified atom stereocenters. The summed E-state index contributed by atoms with van der Waals surface area (Å²) in [5.41, 5.74) is 0.480. The van der Waals surface area contributed by atoms with Gasteiger partial charge in [0.05, 0.1) is 17.2 Å². The predicted octanol–water partition coefficient (Wildman–Crippen LogP) is 2.77. The van der Waals surface area contributed by atoms with Gasteiger partial charge >= 0.3 is 5.97 Å². The number of carbonyl (C=O) groups excluding carboxylic acids is 1. The summed E-state index contributed by atoms with van der Waals surface area (Å²) in [7, 11) is 2.72. The van der Waals surface area contributed by atoms with E-state index < -0.39 is 21.1 Å². The zero-order chi connectivity index (χ0) is 15.5. The van der Waals surface area contributed by atoms with Gasteiger partial charge in [-0.25, -0.2) is 13.2 Å². The van der Waals surface area contributed by atoms with Gasteiger partial charge in [0.15, 0.2) is 0 Å². The van der Waals surface area contributed by atoms with Gasteiger partial charge in [0.1, 0.15) is 11.0 Å². The molecule has 0 saturated heterocycles. The number of aryl methyl sites for hydroxylation is 1. The molecule has 0 aliphatic rings. The molecule has 0 aliphatic heterocycles. The smallest absolute Gasteiger partial charge is 0.338 e. The maximum atomic E-state index is 11.9. The number of methoxy groups -OCH3 is 1. The Balaban J connectivity index is 3.15. The first-order chi connectivity index (χ1) is 9.16. The minimum Gasteiger partial charge on any atom is -0.457 e. The second-order valence-corrected chi connectivity index (χ2v) is 7.13. The van der Waals surface area contributed by atoms with Crippen molar-refractivity contribution in [2.75, 3.05) is 13.7 Å². The third kappa shape index (κ3) is 4.34. The van der Waals surface area contributed by atoms with Gasteiger partial charge in [-0.1, -0.05) is 11.6 Å². The highest BCUT2D eigenvalue weighted by Gasteiger charge is 2.21. The van der Waals surface area contributed by atoms with Crippen molar-refractivity contribution in [2.45, 2.75) is 24.8 Å². The number of esters is 1. The van der Waals surface area contributed by atoms with E-state index in [9.17, 15) is 13.2 Å². The standard InChI is InChI=1S/C12H14Cl2O5S/c1-7-4-9(12(15)19-8(2)6-18-3)5-10(11(7)13)20(14,16)17/h4-5,8H,6H2,1-3H3. The highest BCUT2D eigenvalue weighted by atomic mass is 35.7. The van der Waals surface area contributed by atoms with Crippen molar-refractivity contribution in [1.82, 2.24) is 0 Å². The van der Waals surface area contributed by atoms with Crippen LogP contribution in [0.25, 0.3) is 0 Å². The van der Waals surface area contributed by atoms with E-state index in [1.807, 2.05) is 0 Å². The van der Waals surface area contributed by atoms with Crippen molar-refractivity contribution in [3.05, 3.63) is 28.3 Å². The molecule has 1 atom stereocenters. The van der Waals surface area contributed by atoms with E-state index in [0.717, 1.165) is 6.07 Å². The Morgan fingerprint density at radius 2 is 2.00 bits per heavy atom. The molecule has 5 nitrogen and oxygen atoms in total. The molecule has 0 aliphatic carbocycles. The van der Waals surface area contributed by atoms with Crippen molar-refractivity contribution in [3.8, 4) is 0 Å². The van der Waals surface area contributed by atoms with Crippen LogP contribution in [0.15, 0.2) is 17.0 Å². The van der Waals surface area contributed by atoms with Gasteiger partial charge < -0.3 is 9.47 Å². The van der Waals surface area contributed by atoms with Crippen molar-refractivity contribution < 1.29 is 22.7 Å². The van der Waals surface area contributed by atoms with Crippen molar-refractivity contribution in [3.63, 3.8) is 0 Å². The van der Waals surface area contributed by atoms with Crippen LogP contribution in [-0.4, -0.2) is 34.2 Å². The fourth-order valence-corrected chi connectivity index (χ4v) is 3.09. The minimum absolute atomic E-state index is 0.0125. The maximum Gasteiger partial charge on any atom is 0.338 e.